The molecule has 156 valence electrons. The van der Waals surface area contributed by atoms with E-state index in [1.54, 1.807) is 11.8 Å². The van der Waals surface area contributed by atoms with Gasteiger partial charge in [-0.15, -0.1) is 28.5 Å². The van der Waals surface area contributed by atoms with Crippen LogP contribution in [0.5, 0.6) is 0 Å². The van der Waals surface area contributed by atoms with Crippen LogP contribution in [-0.4, -0.2) is 26.4 Å². The average molecular weight is 439 g/mol. The molecule has 0 bridgehead atoms. The van der Waals surface area contributed by atoms with Gasteiger partial charge in [-0.1, -0.05) is 59.8 Å². The Morgan fingerprint density at radius 2 is 1.90 bits per heavy atom. The van der Waals surface area contributed by atoms with E-state index in [9.17, 15) is 4.79 Å². The van der Waals surface area contributed by atoms with Gasteiger partial charge in [0, 0.05) is 18.0 Å². The quantitative estimate of drug-likeness (QED) is 0.346. The zero-order valence-electron chi connectivity index (χ0n) is 17.3. The van der Waals surface area contributed by atoms with Gasteiger partial charge in [-0.05, 0) is 37.1 Å². The molecule has 1 heterocycles. The molecule has 3 rings (SSSR count). The third-order valence-corrected chi connectivity index (χ3v) is 6.33. The van der Waals surface area contributed by atoms with E-state index in [-0.39, 0.29) is 11.7 Å². The largest absolute Gasteiger partial charge is 0.325 e. The standard InChI is InChI=1S/C23H26N4OS2/c1-4-12-27-21(15-29-14-19-10-8-17(2)9-11-19)25-26-23(27)30-16-22(28)24-20-7-5-6-18(3)13-20/h4-11,13H,1,12,14-16H2,2-3H3,(H,24,28). The van der Waals surface area contributed by atoms with Gasteiger partial charge >= 0.3 is 0 Å². The minimum atomic E-state index is -0.0611. The summed E-state index contributed by atoms with van der Waals surface area (Å²) in [6, 6.07) is 16.3. The van der Waals surface area contributed by atoms with E-state index >= 15 is 0 Å². The number of rotatable bonds is 10. The third-order valence-electron chi connectivity index (χ3n) is 4.36. The summed E-state index contributed by atoms with van der Waals surface area (Å²) in [6.07, 6.45) is 1.83. The van der Waals surface area contributed by atoms with Gasteiger partial charge in [0.15, 0.2) is 5.16 Å². The van der Waals surface area contributed by atoms with E-state index in [0.29, 0.717) is 6.54 Å². The number of nitrogens with zero attached hydrogens (tertiary/aromatic N) is 3. The molecule has 0 atom stereocenters. The summed E-state index contributed by atoms with van der Waals surface area (Å²) in [6.45, 7) is 8.55. The number of benzene rings is 2. The van der Waals surface area contributed by atoms with Gasteiger partial charge < -0.3 is 9.88 Å². The number of anilines is 1. The minimum absolute atomic E-state index is 0.0611. The van der Waals surface area contributed by atoms with Crippen molar-refractivity contribution in [1.82, 2.24) is 14.8 Å². The third kappa shape index (κ3) is 6.50. The lowest BCUT2D eigenvalue weighted by atomic mass is 10.2. The topological polar surface area (TPSA) is 59.8 Å². The van der Waals surface area contributed by atoms with Crippen molar-refractivity contribution >= 4 is 35.1 Å². The lowest BCUT2D eigenvalue weighted by Crippen LogP contribution is -2.14. The summed E-state index contributed by atoms with van der Waals surface area (Å²) in [5, 5.41) is 12.3. The molecule has 0 unspecified atom stereocenters. The number of thioether (sulfide) groups is 2. The number of amides is 1. The highest BCUT2D eigenvalue weighted by Gasteiger charge is 2.14. The predicted octanol–water partition coefficient (Wildman–Crippen LogP) is 5.25. The maximum atomic E-state index is 12.3. The molecule has 7 heteroatoms. The van der Waals surface area contributed by atoms with Gasteiger partial charge in [0.1, 0.15) is 5.82 Å². The first kappa shape index (κ1) is 22.2. The highest BCUT2D eigenvalue weighted by molar-refractivity contribution is 7.99. The van der Waals surface area contributed by atoms with Crippen LogP contribution in [-0.2, 0) is 22.8 Å². The summed E-state index contributed by atoms with van der Waals surface area (Å²) < 4.78 is 2.03. The molecule has 30 heavy (non-hydrogen) atoms. The zero-order chi connectivity index (χ0) is 21.3. The Morgan fingerprint density at radius 3 is 2.63 bits per heavy atom. The maximum absolute atomic E-state index is 12.3. The number of allylic oxidation sites excluding steroid dienone is 1. The molecule has 1 aromatic heterocycles. The number of carbonyl (C=O) groups excluding carboxylic acids is 1. The van der Waals surface area contributed by atoms with Crippen LogP contribution in [0, 0.1) is 13.8 Å². The lowest BCUT2D eigenvalue weighted by molar-refractivity contribution is -0.113. The summed E-state index contributed by atoms with van der Waals surface area (Å²) in [7, 11) is 0. The second kappa shape index (κ2) is 11.0. The van der Waals surface area contributed by atoms with Gasteiger partial charge in [0.05, 0.1) is 11.5 Å². The van der Waals surface area contributed by atoms with Crippen LogP contribution in [0.4, 0.5) is 5.69 Å². The smallest absolute Gasteiger partial charge is 0.234 e. The molecule has 1 N–H and O–H groups in total. The van der Waals surface area contributed by atoms with E-state index in [2.05, 4.69) is 53.3 Å². The van der Waals surface area contributed by atoms with Crippen LogP contribution in [0.2, 0.25) is 0 Å². The van der Waals surface area contributed by atoms with Gasteiger partial charge in [-0.3, -0.25) is 4.79 Å². The Balaban J connectivity index is 1.55. The Morgan fingerprint density at radius 1 is 1.10 bits per heavy atom. The van der Waals surface area contributed by atoms with Gasteiger partial charge in [-0.2, -0.15) is 0 Å². The highest BCUT2D eigenvalue weighted by atomic mass is 32.2. The van der Waals surface area contributed by atoms with Crippen molar-refractivity contribution < 1.29 is 4.79 Å². The molecule has 0 aliphatic rings. The van der Waals surface area contributed by atoms with Crippen LogP contribution in [0.1, 0.15) is 22.5 Å². The summed E-state index contributed by atoms with van der Waals surface area (Å²) >= 11 is 3.19. The highest BCUT2D eigenvalue weighted by Crippen LogP contribution is 2.22. The van der Waals surface area contributed by atoms with Crippen molar-refractivity contribution in [3.05, 3.63) is 83.7 Å². The van der Waals surface area contributed by atoms with E-state index in [1.165, 1.54) is 22.9 Å². The Hall–Kier alpha value is -2.51. The van der Waals surface area contributed by atoms with Crippen molar-refractivity contribution in [2.24, 2.45) is 0 Å². The molecule has 0 saturated heterocycles. The number of aryl methyl sites for hydroxylation is 2. The fourth-order valence-electron chi connectivity index (χ4n) is 2.84. The minimum Gasteiger partial charge on any atom is -0.325 e. The Kier molecular flexibility index (Phi) is 8.16. The fraction of sp³-hybridized carbons (Fsp3) is 0.261. The van der Waals surface area contributed by atoms with Crippen LogP contribution < -0.4 is 5.32 Å². The van der Waals surface area contributed by atoms with E-state index < -0.39 is 0 Å². The lowest BCUT2D eigenvalue weighted by Gasteiger charge is -2.08. The molecule has 2 aromatic carbocycles. The van der Waals surface area contributed by atoms with Crippen LogP contribution in [0.25, 0.3) is 0 Å². The normalized spacial score (nSPS) is 10.7. The summed E-state index contributed by atoms with van der Waals surface area (Å²) in [4.78, 5) is 12.3. The predicted molar refractivity (Wildman–Crippen MR) is 127 cm³/mol. The number of nitrogens with one attached hydrogen (secondary N) is 1. The molecule has 0 spiro atoms. The van der Waals surface area contributed by atoms with Crippen LogP contribution in [0.3, 0.4) is 0 Å². The van der Waals surface area contributed by atoms with Crippen LogP contribution in [0.15, 0.2) is 66.3 Å². The SMILES string of the molecule is C=CCn1c(CSCc2ccc(C)cc2)nnc1SCC(=O)Nc1cccc(C)c1. The molecule has 0 fully saturated rings. The zero-order valence-corrected chi connectivity index (χ0v) is 18.9. The number of hydrogen-bond acceptors (Lipinski definition) is 5. The molecule has 5 nitrogen and oxygen atoms in total. The van der Waals surface area contributed by atoms with Crippen molar-refractivity contribution in [3.8, 4) is 0 Å². The Bertz CT molecular complexity index is 999. The molecule has 0 aliphatic carbocycles. The second-order valence-corrected chi connectivity index (χ2v) is 8.91. The van der Waals surface area contributed by atoms with Crippen molar-refractivity contribution in [3.63, 3.8) is 0 Å². The van der Waals surface area contributed by atoms with E-state index in [1.807, 2.05) is 41.8 Å². The molecular formula is C23H26N4OS2. The Labute approximate surface area is 186 Å². The first-order chi connectivity index (χ1) is 14.5. The molecular weight excluding hydrogens is 412 g/mol. The number of hydrogen-bond donors (Lipinski definition) is 1. The average Bonchev–Trinajstić information content (AvgIpc) is 3.10. The fourth-order valence-corrected chi connectivity index (χ4v) is 4.53. The number of aromatic nitrogens is 3. The molecule has 0 radical (unpaired) electrons. The number of carbonyl (C=O) groups is 1. The van der Waals surface area contributed by atoms with Gasteiger partial charge in [-0.25, -0.2) is 0 Å². The molecule has 0 saturated carbocycles. The second-order valence-electron chi connectivity index (χ2n) is 6.98. The molecule has 1 amide bonds. The van der Waals surface area contributed by atoms with E-state index in [4.69, 9.17) is 0 Å². The molecule has 0 aliphatic heterocycles. The van der Waals surface area contributed by atoms with Gasteiger partial charge in [0.25, 0.3) is 0 Å². The first-order valence-corrected chi connectivity index (χ1v) is 11.8. The summed E-state index contributed by atoms with van der Waals surface area (Å²) in [5.74, 6) is 2.79. The van der Waals surface area contributed by atoms with Crippen molar-refractivity contribution in [2.45, 2.75) is 37.1 Å². The first-order valence-electron chi connectivity index (χ1n) is 9.70. The monoisotopic (exact) mass is 438 g/mol. The van der Waals surface area contributed by atoms with Crippen molar-refractivity contribution in [2.75, 3.05) is 11.1 Å². The van der Waals surface area contributed by atoms with Crippen molar-refractivity contribution in [1.29, 1.82) is 0 Å². The van der Waals surface area contributed by atoms with Gasteiger partial charge in [0.2, 0.25) is 5.91 Å². The summed E-state index contributed by atoms with van der Waals surface area (Å²) in [5.41, 5.74) is 4.48. The molecule has 3 aromatic rings. The van der Waals surface area contributed by atoms with Crippen LogP contribution >= 0.6 is 23.5 Å². The maximum Gasteiger partial charge on any atom is 0.234 e. The van der Waals surface area contributed by atoms with E-state index in [0.717, 1.165) is 33.7 Å².